The number of nitrogens with one attached hydrogen (secondary N) is 2. The monoisotopic (exact) mass is 246 g/mol. The van der Waals surface area contributed by atoms with Gasteiger partial charge in [0, 0.05) is 35.4 Å². The van der Waals surface area contributed by atoms with Crippen LogP contribution in [0.2, 0.25) is 5.02 Å². The molecule has 1 aromatic heterocycles. The zero-order valence-corrected chi connectivity index (χ0v) is 9.84. The lowest BCUT2D eigenvalue weighted by molar-refractivity contribution is 0.0946. The van der Waals surface area contributed by atoms with E-state index in [1.54, 1.807) is 0 Å². The summed E-state index contributed by atoms with van der Waals surface area (Å²) in [6, 6.07) is 7.51. The molecular formula is C13H11ClN2O. The highest BCUT2D eigenvalue weighted by atomic mass is 35.5. The highest BCUT2D eigenvalue weighted by Crippen LogP contribution is 2.28. The van der Waals surface area contributed by atoms with Crippen LogP contribution in [0.1, 0.15) is 16.1 Å². The van der Waals surface area contributed by atoms with Gasteiger partial charge in [0.05, 0.1) is 5.56 Å². The average Bonchev–Trinajstić information content (AvgIpc) is 2.75. The van der Waals surface area contributed by atoms with Crippen LogP contribution in [0, 0.1) is 0 Å². The first-order valence-corrected chi connectivity index (χ1v) is 5.88. The van der Waals surface area contributed by atoms with Crippen LogP contribution in [0.5, 0.6) is 0 Å². The second-order valence-corrected chi connectivity index (χ2v) is 4.51. The number of rotatable bonds is 1. The van der Waals surface area contributed by atoms with Gasteiger partial charge in [0.1, 0.15) is 0 Å². The lowest BCUT2D eigenvalue weighted by Gasteiger charge is -2.13. The lowest BCUT2D eigenvalue weighted by atomic mass is 9.99. The predicted octanol–water partition coefficient (Wildman–Crippen LogP) is 2.62. The first kappa shape index (κ1) is 10.4. The maximum absolute atomic E-state index is 11.9. The number of carbonyl (C=O) groups is 1. The van der Waals surface area contributed by atoms with Gasteiger partial charge in [0.15, 0.2) is 0 Å². The van der Waals surface area contributed by atoms with Crippen LogP contribution >= 0.6 is 11.6 Å². The van der Waals surface area contributed by atoms with Crippen molar-refractivity contribution >= 4 is 17.5 Å². The van der Waals surface area contributed by atoms with Crippen molar-refractivity contribution in [2.45, 2.75) is 6.42 Å². The Balaban J connectivity index is 2.12. The Hall–Kier alpha value is -1.74. The molecule has 3 nitrogen and oxygen atoms in total. The van der Waals surface area contributed by atoms with Crippen LogP contribution in [-0.2, 0) is 6.42 Å². The van der Waals surface area contributed by atoms with Crippen molar-refractivity contribution in [2.24, 2.45) is 0 Å². The molecule has 2 aromatic rings. The number of amides is 1. The Morgan fingerprint density at radius 2 is 1.94 bits per heavy atom. The molecule has 1 amide bonds. The van der Waals surface area contributed by atoms with E-state index in [9.17, 15) is 4.79 Å². The topological polar surface area (TPSA) is 44.9 Å². The Bertz CT molecular complexity index is 572. The van der Waals surface area contributed by atoms with E-state index in [4.69, 9.17) is 11.6 Å². The van der Waals surface area contributed by atoms with Crippen LogP contribution in [0.25, 0.3) is 11.1 Å². The zero-order chi connectivity index (χ0) is 11.8. The quantitative estimate of drug-likeness (QED) is 0.798. The number of fused-ring (bicyclic) bond motifs is 1. The van der Waals surface area contributed by atoms with Gasteiger partial charge in [0.25, 0.3) is 5.91 Å². The van der Waals surface area contributed by atoms with E-state index in [-0.39, 0.29) is 5.91 Å². The van der Waals surface area contributed by atoms with Gasteiger partial charge in [-0.1, -0.05) is 23.7 Å². The van der Waals surface area contributed by atoms with Gasteiger partial charge in [-0.05, 0) is 17.7 Å². The summed E-state index contributed by atoms with van der Waals surface area (Å²) in [6.45, 7) is 0.701. The molecule has 2 heterocycles. The van der Waals surface area contributed by atoms with E-state index in [1.807, 2.05) is 30.5 Å². The van der Waals surface area contributed by atoms with E-state index in [1.165, 1.54) is 0 Å². The first-order chi connectivity index (χ1) is 8.25. The molecule has 4 heteroatoms. The molecule has 1 aromatic carbocycles. The lowest BCUT2D eigenvalue weighted by Crippen LogP contribution is -2.31. The molecule has 0 spiro atoms. The highest BCUT2D eigenvalue weighted by molar-refractivity contribution is 6.30. The maximum atomic E-state index is 11.9. The van der Waals surface area contributed by atoms with Gasteiger partial charge in [0.2, 0.25) is 0 Å². The molecule has 0 saturated heterocycles. The van der Waals surface area contributed by atoms with E-state index >= 15 is 0 Å². The fourth-order valence-electron chi connectivity index (χ4n) is 2.17. The summed E-state index contributed by atoms with van der Waals surface area (Å²) in [5.41, 5.74) is 3.72. The molecule has 1 aliphatic rings. The molecule has 0 fully saturated rings. The summed E-state index contributed by atoms with van der Waals surface area (Å²) in [7, 11) is 0. The number of aromatic nitrogens is 1. The maximum Gasteiger partial charge on any atom is 0.253 e. The summed E-state index contributed by atoms with van der Waals surface area (Å²) in [6.07, 6.45) is 2.74. The number of H-pyrrole nitrogens is 1. The van der Waals surface area contributed by atoms with Gasteiger partial charge >= 0.3 is 0 Å². The SMILES string of the molecule is O=C1NCCc2[nH]cc(-c3ccc(Cl)cc3)c21. The fourth-order valence-corrected chi connectivity index (χ4v) is 2.30. The molecule has 1 aliphatic heterocycles. The van der Waals surface area contributed by atoms with Crippen molar-refractivity contribution in [3.05, 3.63) is 46.7 Å². The molecule has 0 aliphatic carbocycles. The smallest absolute Gasteiger partial charge is 0.253 e. The summed E-state index contributed by atoms with van der Waals surface area (Å²) < 4.78 is 0. The van der Waals surface area contributed by atoms with Crippen LogP contribution in [0.4, 0.5) is 0 Å². The van der Waals surface area contributed by atoms with Crippen LogP contribution in [0.15, 0.2) is 30.5 Å². The van der Waals surface area contributed by atoms with E-state index in [2.05, 4.69) is 10.3 Å². The van der Waals surface area contributed by atoms with Crippen LogP contribution < -0.4 is 5.32 Å². The fraction of sp³-hybridized carbons (Fsp3) is 0.154. The van der Waals surface area contributed by atoms with Gasteiger partial charge in [-0.15, -0.1) is 0 Å². The standard InChI is InChI=1S/C13H11ClN2O/c14-9-3-1-8(2-4-9)10-7-16-11-5-6-15-13(17)12(10)11/h1-4,7,16H,5-6H2,(H,15,17). The van der Waals surface area contributed by atoms with Crippen molar-refractivity contribution < 1.29 is 4.79 Å². The Labute approximate surface area is 104 Å². The highest BCUT2D eigenvalue weighted by Gasteiger charge is 2.22. The number of hydrogen-bond acceptors (Lipinski definition) is 1. The van der Waals surface area contributed by atoms with Crippen LogP contribution in [-0.4, -0.2) is 17.4 Å². The van der Waals surface area contributed by atoms with E-state index in [0.29, 0.717) is 11.6 Å². The third-order valence-corrected chi connectivity index (χ3v) is 3.26. The van der Waals surface area contributed by atoms with Crippen molar-refractivity contribution in [3.63, 3.8) is 0 Å². The second-order valence-electron chi connectivity index (χ2n) is 4.07. The summed E-state index contributed by atoms with van der Waals surface area (Å²) in [5, 5.41) is 3.56. The minimum atomic E-state index is -0.00236. The minimum Gasteiger partial charge on any atom is -0.364 e. The summed E-state index contributed by atoms with van der Waals surface area (Å²) in [4.78, 5) is 15.0. The zero-order valence-electron chi connectivity index (χ0n) is 9.09. The Morgan fingerprint density at radius 1 is 1.18 bits per heavy atom. The predicted molar refractivity (Wildman–Crippen MR) is 67.3 cm³/mol. The van der Waals surface area contributed by atoms with Crippen molar-refractivity contribution in [1.29, 1.82) is 0 Å². The Morgan fingerprint density at radius 3 is 2.71 bits per heavy atom. The Kier molecular flexibility index (Phi) is 2.41. The number of aromatic amines is 1. The molecule has 0 unspecified atom stereocenters. The minimum absolute atomic E-state index is 0.00236. The molecule has 0 radical (unpaired) electrons. The van der Waals surface area contributed by atoms with E-state index in [0.717, 1.165) is 28.8 Å². The molecule has 0 bridgehead atoms. The van der Waals surface area contributed by atoms with Crippen molar-refractivity contribution in [1.82, 2.24) is 10.3 Å². The molecule has 0 atom stereocenters. The third-order valence-electron chi connectivity index (χ3n) is 3.00. The van der Waals surface area contributed by atoms with E-state index < -0.39 is 0 Å². The summed E-state index contributed by atoms with van der Waals surface area (Å²) >= 11 is 5.86. The molecule has 86 valence electrons. The van der Waals surface area contributed by atoms with Gasteiger partial charge in [-0.25, -0.2) is 0 Å². The summed E-state index contributed by atoms with van der Waals surface area (Å²) in [5.74, 6) is -0.00236. The second kappa shape index (κ2) is 3.93. The molecular weight excluding hydrogens is 236 g/mol. The average molecular weight is 247 g/mol. The largest absolute Gasteiger partial charge is 0.364 e. The molecule has 2 N–H and O–H groups in total. The number of halogens is 1. The van der Waals surface area contributed by atoms with Gasteiger partial charge in [-0.3, -0.25) is 4.79 Å². The molecule has 3 rings (SSSR count). The normalized spacial score (nSPS) is 14.3. The van der Waals surface area contributed by atoms with Crippen LogP contribution in [0.3, 0.4) is 0 Å². The number of carbonyl (C=O) groups excluding carboxylic acids is 1. The number of benzene rings is 1. The van der Waals surface area contributed by atoms with Gasteiger partial charge < -0.3 is 10.3 Å². The molecule has 17 heavy (non-hydrogen) atoms. The molecule has 0 saturated carbocycles. The number of hydrogen-bond donors (Lipinski definition) is 2. The third kappa shape index (κ3) is 1.72. The van der Waals surface area contributed by atoms with Crippen molar-refractivity contribution in [3.8, 4) is 11.1 Å². The van der Waals surface area contributed by atoms with Gasteiger partial charge in [-0.2, -0.15) is 0 Å². The van der Waals surface area contributed by atoms with Crippen molar-refractivity contribution in [2.75, 3.05) is 6.54 Å². The first-order valence-electron chi connectivity index (χ1n) is 5.50.